The van der Waals surface area contributed by atoms with Crippen molar-refractivity contribution in [3.8, 4) is 5.75 Å². The van der Waals surface area contributed by atoms with Gasteiger partial charge in [-0.05, 0) is 77.8 Å². The number of hydrogen-bond donors (Lipinski definition) is 3. The van der Waals surface area contributed by atoms with E-state index in [2.05, 4.69) is 41.6 Å². The van der Waals surface area contributed by atoms with E-state index in [1.807, 2.05) is 45.9 Å². The van der Waals surface area contributed by atoms with E-state index in [4.69, 9.17) is 9.47 Å². The van der Waals surface area contributed by atoms with Gasteiger partial charge in [-0.25, -0.2) is 4.79 Å². The Kier molecular flexibility index (Phi) is 13.1. The van der Waals surface area contributed by atoms with Crippen molar-refractivity contribution in [3.05, 3.63) is 59.7 Å². The summed E-state index contributed by atoms with van der Waals surface area (Å²) in [6.07, 6.45) is 2.45. The minimum atomic E-state index is -0.429. The second kappa shape index (κ2) is 16.5. The number of fused-ring (bicyclic) bond motifs is 1. The van der Waals surface area contributed by atoms with Gasteiger partial charge in [-0.1, -0.05) is 37.3 Å². The van der Waals surface area contributed by atoms with Gasteiger partial charge in [0.1, 0.15) is 5.75 Å². The Labute approximate surface area is 251 Å². The predicted octanol–water partition coefficient (Wildman–Crippen LogP) is 5.14. The Morgan fingerprint density at radius 3 is 2.55 bits per heavy atom. The molecule has 42 heavy (non-hydrogen) atoms. The van der Waals surface area contributed by atoms with Gasteiger partial charge in [0.2, 0.25) is 0 Å². The maximum atomic E-state index is 14.2. The summed E-state index contributed by atoms with van der Waals surface area (Å²) in [5.41, 5.74) is 2.08. The molecule has 232 valence electrons. The molecule has 3 amide bonds. The van der Waals surface area contributed by atoms with Crippen LogP contribution in [0.3, 0.4) is 0 Å². The molecule has 2 aromatic carbocycles. The number of ether oxygens (including phenoxy) is 2. The van der Waals surface area contributed by atoms with E-state index in [1.165, 1.54) is 5.56 Å². The van der Waals surface area contributed by atoms with E-state index in [9.17, 15) is 14.7 Å². The summed E-state index contributed by atoms with van der Waals surface area (Å²) in [5.74, 6) is 0.204. The van der Waals surface area contributed by atoms with Gasteiger partial charge in [0.25, 0.3) is 5.91 Å². The fourth-order valence-electron chi connectivity index (χ4n) is 5.16. The van der Waals surface area contributed by atoms with Crippen LogP contribution < -0.4 is 15.4 Å². The van der Waals surface area contributed by atoms with E-state index in [0.29, 0.717) is 36.7 Å². The standard InChI is InChI=1S/C33H50N4O5/c1-23(2)34-33(40)35-28-15-16-30-29(18-28)32(39)37(25(4)22-38)19-24(3)31(41-17-11-10-12-26(5)42-30)21-36(6)20-27-13-8-7-9-14-27/h7-9,13-16,18,23-26,31,38H,10-12,17,19-22H2,1-6H3,(H2,34,35,40)/t24-,25+,26-,31-/m1/s1. The van der Waals surface area contributed by atoms with Gasteiger partial charge in [-0.15, -0.1) is 0 Å². The third kappa shape index (κ3) is 10.3. The Morgan fingerprint density at radius 1 is 1.12 bits per heavy atom. The Balaban J connectivity index is 1.90. The molecular formula is C33H50N4O5. The molecule has 0 aliphatic carbocycles. The zero-order valence-electron chi connectivity index (χ0n) is 26.1. The lowest BCUT2D eigenvalue weighted by Gasteiger charge is -2.36. The molecule has 0 aromatic heterocycles. The third-order valence-electron chi connectivity index (χ3n) is 7.52. The number of amides is 3. The molecule has 9 nitrogen and oxygen atoms in total. The summed E-state index contributed by atoms with van der Waals surface area (Å²) in [6, 6.07) is 14.7. The van der Waals surface area contributed by atoms with E-state index in [-0.39, 0.29) is 42.7 Å². The molecule has 9 heteroatoms. The first kappa shape index (κ1) is 33.4. The molecule has 1 aliphatic rings. The number of aliphatic hydroxyl groups is 1. The summed E-state index contributed by atoms with van der Waals surface area (Å²) in [7, 11) is 2.09. The normalized spacial score (nSPS) is 21.3. The number of carbonyl (C=O) groups is 2. The van der Waals surface area contributed by atoms with Crippen molar-refractivity contribution >= 4 is 17.6 Å². The van der Waals surface area contributed by atoms with Crippen LogP contribution in [0.2, 0.25) is 0 Å². The molecule has 0 radical (unpaired) electrons. The SMILES string of the molecule is CC(C)NC(=O)Nc1ccc2c(c1)C(=O)N([C@@H](C)CO)C[C@@H](C)[C@@H](CN(C)Cc1ccccc1)OCCCC[C@@H](C)O2. The summed E-state index contributed by atoms with van der Waals surface area (Å²) < 4.78 is 12.7. The second-order valence-corrected chi connectivity index (χ2v) is 11.9. The molecule has 4 atom stereocenters. The van der Waals surface area contributed by atoms with Gasteiger partial charge in [0, 0.05) is 43.9 Å². The van der Waals surface area contributed by atoms with Crippen molar-refractivity contribution in [1.82, 2.24) is 15.1 Å². The van der Waals surface area contributed by atoms with E-state index >= 15 is 0 Å². The van der Waals surface area contributed by atoms with Crippen LogP contribution in [0.25, 0.3) is 0 Å². The van der Waals surface area contributed by atoms with Gasteiger partial charge in [0.15, 0.2) is 0 Å². The van der Waals surface area contributed by atoms with Crippen LogP contribution in [0.1, 0.15) is 69.8 Å². The molecule has 1 aliphatic heterocycles. The van der Waals surface area contributed by atoms with E-state index < -0.39 is 6.04 Å². The second-order valence-electron chi connectivity index (χ2n) is 11.9. The Morgan fingerprint density at radius 2 is 1.86 bits per heavy atom. The van der Waals surface area contributed by atoms with Crippen molar-refractivity contribution in [3.63, 3.8) is 0 Å². The molecular weight excluding hydrogens is 532 g/mol. The number of aliphatic hydroxyl groups excluding tert-OH is 1. The van der Waals surface area contributed by atoms with Gasteiger partial charge in [0.05, 0.1) is 30.4 Å². The highest BCUT2D eigenvalue weighted by Crippen LogP contribution is 2.28. The fraction of sp³-hybridized carbons (Fsp3) is 0.576. The summed E-state index contributed by atoms with van der Waals surface area (Å²) in [6.45, 7) is 12.1. The molecule has 3 N–H and O–H groups in total. The number of nitrogens with zero attached hydrogens (tertiary/aromatic N) is 2. The minimum Gasteiger partial charge on any atom is -0.490 e. The molecule has 0 fully saturated rings. The number of benzene rings is 2. The van der Waals surface area contributed by atoms with Gasteiger partial charge >= 0.3 is 6.03 Å². The van der Waals surface area contributed by atoms with E-state index in [0.717, 1.165) is 25.8 Å². The smallest absolute Gasteiger partial charge is 0.319 e. The number of carbonyl (C=O) groups excluding carboxylic acids is 2. The van der Waals surface area contributed by atoms with Crippen LogP contribution in [0.4, 0.5) is 10.5 Å². The molecule has 0 saturated heterocycles. The van der Waals surface area contributed by atoms with Crippen LogP contribution in [0.5, 0.6) is 5.75 Å². The summed E-state index contributed by atoms with van der Waals surface area (Å²) >= 11 is 0. The van der Waals surface area contributed by atoms with Crippen LogP contribution in [0, 0.1) is 5.92 Å². The average molecular weight is 583 g/mol. The lowest BCUT2D eigenvalue weighted by molar-refractivity contribution is -0.0177. The van der Waals surface area contributed by atoms with E-state index in [1.54, 1.807) is 23.1 Å². The summed E-state index contributed by atoms with van der Waals surface area (Å²) in [4.78, 5) is 30.6. The lowest BCUT2D eigenvalue weighted by Crippen LogP contribution is -2.47. The zero-order chi connectivity index (χ0) is 30.6. The molecule has 3 rings (SSSR count). The fourth-order valence-corrected chi connectivity index (χ4v) is 5.16. The quantitative estimate of drug-likeness (QED) is 0.398. The van der Waals surface area contributed by atoms with Crippen molar-refractivity contribution in [2.24, 2.45) is 5.92 Å². The molecule has 0 bridgehead atoms. The van der Waals surface area contributed by atoms with Crippen LogP contribution in [-0.2, 0) is 11.3 Å². The van der Waals surface area contributed by atoms with Crippen LogP contribution in [0.15, 0.2) is 48.5 Å². The third-order valence-corrected chi connectivity index (χ3v) is 7.52. The predicted molar refractivity (Wildman–Crippen MR) is 167 cm³/mol. The van der Waals surface area contributed by atoms with Gasteiger partial charge in [-0.3, -0.25) is 9.69 Å². The number of likely N-dealkylation sites (N-methyl/N-ethyl adjacent to an activating group) is 1. The van der Waals surface area contributed by atoms with Crippen molar-refractivity contribution in [1.29, 1.82) is 0 Å². The number of anilines is 1. The number of hydrogen-bond acceptors (Lipinski definition) is 6. The Bertz CT molecular complexity index is 1130. The highest BCUT2D eigenvalue weighted by atomic mass is 16.5. The molecule has 0 saturated carbocycles. The average Bonchev–Trinajstić information content (AvgIpc) is 2.94. The van der Waals surface area contributed by atoms with Gasteiger partial charge in [-0.2, -0.15) is 0 Å². The number of nitrogens with one attached hydrogen (secondary N) is 2. The minimum absolute atomic E-state index is 0.00877. The molecule has 0 spiro atoms. The first-order valence-electron chi connectivity index (χ1n) is 15.2. The van der Waals surface area contributed by atoms with Crippen molar-refractivity contribution < 1.29 is 24.2 Å². The number of rotatable bonds is 8. The first-order valence-corrected chi connectivity index (χ1v) is 15.2. The largest absolute Gasteiger partial charge is 0.490 e. The molecule has 2 aromatic rings. The maximum Gasteiger partial charge on any atom is 0.319 e. The monoisotopic (exact) mass is 582 g/mol. The summed E-state index contributed by atoms with van der Waals surface area (Å²) in [5, 5.41) is 15.8. The Hall–Kier alpha value is -3.14. The number of urea groups is 1. The lowest BCUT2D eigenvalue weighted by atomic mass is 10.0. The van der Waals surface area contributed by atoms with Crippen LogP contribution >= 0.6 is 0 Å². The van der Waals surface area contributed by atoms with Gasteiger partial charge < -0.3 is 30.1 Å². The topological polar surface area (TPSA) is 103 Å². The first-order chi connectivity index (χ1) is 20.1. The van der Waals surface area contributed by atoms with Crippen LogP contribution in [-0.4, -0.2) is 84.5 Å². The maximum absolute atomic E-state index is 14.2. The molecule has 1 heterocycles. The molecule has 0 unspecified atom stereocenters. The zero-order valence-corrected chi connectivity index (χ0v) is 26.1. The highest BCUT2D eigenvalue weighted by molar-refractivity contribution is 5.99. The highest BCUT2D eigenvalue weighted by Gasteiger charge is 2.30. The van der Waals surface area contributed by atoms with Crippen molar-refractivity contribution in [2.75, 3.05) is 38.7 Å². The van der Waals surface area contributed by atoms with Crippen molar-refractivity contribution in [2.45, 2.75) is 84.7 Å².